The molecule has 0 radical (unpaired) electrons. The number of hydrogen-bond donors (Lipinski definition) is 1. The van der Waals surface area contributed by atoms with E-state index >= 15 is 4.39 Å². The summed E-state index contributed by atoms with van der Waals surface area (Å²) in [5, 5.41) is 9.54. The number of aromatic nitrogens is 3. The van der Waals surface area contributed by atoms with Crippen LogP contribution in [0.3, 0.4) is 0 Å². The topological polar surface area (TPSA) is 110 Å². The van der Waals surface area contributed by atoms with E-state index in [9.17, 15) is 14.7 Å². The third-order valence-corrected chi connectivity index (χ3v) is 10.2. The molecule has 48 heavy (non-hydrogen) atoms. The zero-order valence-electron chi connectivity index (χ0n) is 27.3. The molecule has 7 rings (SSSR count). The lowest BCUT2D eigenvalue weighted by molar-refractivity contribution is -0.0592. The Bertz CT molecular complexity index is 1790. The number of imidazole rings is 1. The summed E-state index contributed by atoms with van der Waals surface area (Å²) >= 11 is 0. The lowest BCUT2D eigenvalue weighted by Gasteiger charge is -2.32. The van der Waals surface area contributed by atoms with Crippen molar-refractivity contribution in [3.63, 3.8) is 0 Å². The number of halogens is 1. The number of carbonyl (C=O) groups is 2. The standard InChI is InChI=1S/C37H42FN5O5/c1-41-14-9-25(10-15-41)36(44)26-5-6-28(30(38)19-26)23-48-35-4-2-3-31(40-35)24-11-16-42(17-12-24)22-34-39-32-8-7-27(37(45)46)20-33(32)43(34)21-29-13-18-47-29/h2-8,19-20,24-25,29H,9-18,21-23H2,1H3,(H,45,46)/t29-/m0/s1. The van der Waals surface area contributed by atoms with E-state index < -0.39 is 11.8 Å². The average Bonchev–Trinajstić information content (AvgIpc) is 3.42. The van der Waals surface area contributed by atoms with Crippen LogP contribution in [0.2, 0.25) is 0 Å². The van der Waals surface area contributed by atoms with E-state index in [1.807, 2.05) is 12.1 Å². The number of rotatable bonds is 11. The zero-order chi connectivity index (χ0) is 33.2. The Kier molecular flexibility index (Phi) is 9.52. The van der Waals surface area contributed by atoms with Gasteiger partial charge in [-0.2, -0.15) is 0 Å². The Hall–Kier alpha value is -4.19. The Morgan fingerprint density at radius 2 is 1.73 bits per heavy atom. The predicted molar refractivity (Wildman–Crippen MR) is 178 cm³/mol. The maximum absolute atomic E-state index is 15.0. The minimum absolute atomic E-state index is 0.0196. The second kappa shape index (κ2) is 14.1. The van der Waals surface area contributed by atoms with Gasteiger partial charge in [-0.3, -0.25) is 9.69 Å². The summed E-state index contributed by atoms with van der Waals surface area (Å²) in [6, 6.07) is 15.6. The van der Waals surface area contributed by atoms with Crippen LogP contribution in [-0.2, 0) is 24.4 Å². The van der Waals surface area contributed by atoms with Crippen molar-refractivity contribution in [2.24, 2.45) is 5.92 Å². The van der Waals surface area contributed by atoms with Crippen LogP contribution in [0.15, 0.2) is 54.6 Å². The Morgan fingerprint density at radius 1 is 0.958 bits per heavy atom. The van der Waals surface area contributed by atoms with Gasteiger partial charge in [0.1, 0.15) is 18.2 Å². The molecular weight excluding hydrogens is 613 g/mol. The normalized spacial score (nSPS) is 19.8. The van der Waals surface area contributed by atoms with Gasteiger partial charge in [-0.05, 0) is 95.7 Å². The van der Waals surface area contributed by atoms with Crippen LogP contribution in [0.25, 0.3) is 11.0 Å². The highest BCUT2D eigenvalue weighted by atomic mass is 19.1. The highest BCUT2D eigenvalue weighted by molar-refractivity contribution is 5.98. The summed E-state index contributed by atoms with van der Waals surface area (Å²) in [6.45, 7) is 5.62. The number of ether oxygens (including phenoxy) is 2. The first-order valence-corrected chi connectivity index (χ1v) is 17.0. The van der Waals surface area contributed by atoms with Gasteiger partial charge in [-0.1, -0.05) is 18.2 Å². The minimum Gasteiger partial charge on any atom is -0.478 e. The fourth-order valence-electron chi connectivity index (χ4n) is 7.06. The zero-order valence-corrected chi connectivity index (χ0v) is 27.3. The number of carboxylic acid groups (broad SMARTS) is 1. The smallest absolute Gasteiger partial charge is 0.335 e. The molecule has 0 aliphatic carbocycles. The predicted octanol–water partition coefficient (Wildman–Crippen LogP) is 5.54. The van der Waals surface area contributed by atoms with Crippen LogP contribution >= 0.6 is 0 Å². The van der Waals surface area contributed by atoms with E-state index in [4.69, 9.17) is 19.4 Å². The second-order valence-corrected chi connectivity index (χ2v) is 13.4. The van der Waals surface area contributed by atoms with Crippen LogP contribution < -0.4 is 4.74 Å². The van der Waals surface area contributed by atoms with Crippen molar-refractivity contribution in [1.82, 2.24) is 24.3 Å². The van der Waals surface area contributed by atoms with E-state index in [0.717, 1.165) is 87.4 Å². The Morgan fingerprint density at radius 3 is 2.44 bits per heavy atom. The molecule has 3 saturated heterocycles. The molecule has 0 bridgehead atoms. The Labute approximate surface area is 279 Å². The number of fused-ring (bicyclic) bond motifs is 1. The number of carboxylic acids is 1. The van der Waals surface area contributed by atoms with E-state index in [-0.39, 0.29) is 35.9 Å². The molecule has 3 aliphatic heterocycles. The summed E-state index contributed by atoms with van der Waals surface area (Å²) in [7, 11) is 2.05. The SMILES string of the molecule is CN1CCC(C(=O)c2ccc(COc3cccc(C4CCN(Cc5nc6ccc(C(=O)O)cc6n5C[C@@H]5CCO5)CC4)n3)c(F)c2)CC1. The summed E-state index contributed by atoms with van der Waals surface area (Å²) < 4.78 is 28.8. The van der Waals surface area contributed by atoms with Gasteiger partial charge in [0.15, 0.2) is 5.78 Å². The lowest BCUT2D eigenvalue weighted by atomic mass is 9.89. The van der Waals surface area contributed by atoms with Crippen LogP contribution in [0, 0.1) is 11.7 Å². The number of piperidine rings is 2. The molecule has 0 unspecified atom stereocenters. The minimum atomic E-state index is -0.951. The molecule has 4 aromatic rings. The number of nitrogens with zero attached hydrogens (tertiary/aromatic N) is 5. The van der Waals surface area contributed by atoms with E-state index in [1.54, 1.807) is 36.4 Å². The molecular formula is C37H42FN5O5. The van der Waals surface area contributed by atoms with Crippen molar-refractivity contribution in [3.05, 3.63) is 88.6 Å². The second-order valence-electron chi connectivity index (χ2n) is 13.4. The molecule has 0 amide bonds. The van der Waals surface area contributed by atoms with Crippen molar-refractivity contribution in [1.29, 1.82) is 0 Å². The van der Waals surface area contributed by atoms with Gasteiger partial charge < -0.3 is 24.0 Å². The van der Waals surface area contributed by atoms with Crippen molar-refractivity contribution < 1.29 is 28.6 Å². The van der Waals surface area contributed by atoms with E-state index in [2.05, 4.69) is 21.4 Å². The van der Waals surface area contributed by atoms with Crippen LogP contribution in [0.5, 0.6) is 5.88 Å². The molecule has 0 spiro atoms. The third kappa shape index (κ3) is 7.13. The monoisotopic (exact) mass is 655 g/mol. The first-order chi connectivity index (χ1) is 23.3. The molecule has 5 heterocycles. The highest BCUT2D eigenvalue weighted by Crippen LogP contribution is 2.30. The van der Waals surface area contributed by atoms with Crippen molar-refractivity contribution in [2.45, 2.75) is 63.8 Å². The molecule has 3 fully saturated rings. The van der Waals surface area contributed by atoms with Gasteiger partial charge in [-0.25, -0.2) is 19.2 Å². The number of pyridine rings is 1. The number of carbonyl (C=O) groups excluding carboxylic acids is 1. The van der Waals surface area contributed by atoms with Gasteiger partial charge in [0, 0.05) is 41.3 Å². The molecule has 0 saturated carbocycles. The summed E-state index contributed by atoms with van der Waals surface area (Å²) in [6.07, 6.45) is 4.56. The number of aromatic carboxylic acids is 1. The van der Waals surface area contributed by atoms with Gasteiger partial charge in [-0.15, -0.1) is 0 Å². The van der Waals surface area contributed by atoms with Gasteiger partial charge in [0.25, 0.3) is 0 Å². The lowest BCUT2D eigenvalue weighted by Crippen LogP contribution is -2.35. The van der Waals surface area contributed by atoms with Gasteiger partial charge in [0.2, 0.25) is 5.88 Å². The summed E-state index contributed by atoms with van der Waals surface area (Å²) in [5.41, 5.74) is 3.65. The molecule has 2 aromatic heterocycles. The van der Waals surface area contributed by atoms with Crippen LogP contribution in [0.4, 0.5) is 4.39 Å². The fourth-order valence-corrected chi connectivity index (χ4v) is 7.06. The number of Topliss-reactive ketones (excluding diaryl/α,β-unsaturated/α-hetero) is 1. The maximum atomic E-state index is 15.0. The largest absolute Gasteiger partial charge is 0.478 e. The van der Waals surface area contributed by atoms with E-state index in [1.165, 1.54) is 6.07 Å². The first kappa shape index (κ1) is 32.4. The first-order valence-electron chi connectivity index (χ1n) is 17.0. The van der Waals surface area contributed by atoms with Crippen LogP contribution in [-0.4, -0.2) is 87.1 Å². The van der Waals surface area contributed by atoms with Gasteiger partial charge in [0.05, 0.1) is 35.8 Å². The van der Waals surface area contributed by atoms with Crippen molar-refractivity contribution in [3.8, 4) is 5.88 Å². The summed E-state index contributed by atoms with van der Waals surface area (Å²) in [5.74, 6) is 0.223. The third-order valence-electron chi connectivity index (χ3n) is 10.2. The number of benzene rings is 2. The van der Waals surface area contributed by atoms with Crippen molar-refractivity contribution in [2.75, 3.05) is 39.8 Å². The molecule has 11 heteroatoms. The molecule has 3 aliphatic rings. The van der Waals surface area contributed by atoms with E-state index in [0.29, 0.717) is 30.1 Å². The molecule has 1 atom stereocenters. The maximum Gasteiger partial charge on any atom is 0.335 e. The highest BCUT2D eigenvalue weighted by Gasteiger charge is 2.27. The van der Waals surface area contributed by atoms with Gasteiger partial charge >= 0.3 is 5.97 Å². The fraction of sp³-hybridized carbons (Fsp3) is 0.459. The number of hydrogen-bond acceptors (Lipinski definition) is 8. The number of ketones is 1. The molecule has 2 aromatic carbocycles. The molecule has 10 nitrogen and oxygen atoms in total. The average molecular weight is 656 g/mol. The van der Waals surface area contributed by atoms with Crippen LogP contribution in [0.1, 0.15) is 75.8 Å². The van der Waals surface area contributed by atoms with Crippen molar-refractivity contribution >= 4 is 22.8 Å². The number of likely N-dealkylation sites (tertiary alicyclic amines) is 2. The summed E-state index contributed by atoms with van der Waals surface area (Å²) in [4.78, 5) is 38.8. The molecule has 1 N–H and O–H groups in total. The molecule has 252 valence electrons. The quantitative estimate of drug-likeness (QED) is 0.208. The Balaban J connectivity index is 0.954.